The highest BCUT2D eigenvalue weighted by Crippen LogP contribution is 2.25. The first-order valence-electron chi connectivity index (χ1n) is 5.04. The number of rotatable bonds is 2. The molecule has 0 spiro atoms. The van der Waals surface area contributed by atoms with Gasteiger partial charge in [0, 0.05) is 3.57 Å². The molecule has 0 aliphatic rings. The van der Waals surface area contributed by atoms with Crippen LogP contribution in [0.5, 0.6) is 0 Å². The minimum absolute atomic E-state index is 0.235. The van der Waals surface area contributed by atoms with Gasteiger partial charge in [-0.1, -0.05) is 18.2 Å². The van der Waals surface area contributed by atoms with E-state index in [9.17, 15) is 4.39 Å². The van der Waals surface area contributed by atoms with E-state index >= 15 is 0 Å². The zero-order chi connectivity index (χ0) is 12.4. The molecule has 1 unspecified atom stereocenters. The van der Waals surface area contributed by atoms with E-state index in [0.29, 0.717) is 4.47 Å². The lowest BCUT2D eigenvalue weighted by Gasteiger charge is -2.13. The molecule has 1 nitrogen and oxygen atoms in total. The molecule has 0 aliphatic heterocycles. The van der Waals surface area contributed by atoms with Crippen molar-refractivity contribution >= 4 is 38.5 Å². The predicted octanol–water partition coefficient (Wildman–Crippen LogP) is 4.24. The molecular weight excluding hydrogens is 396 g/mol. The maximum absolute atomic E-state index is 13.1. The SMILES string of the molecule is NC(c1cccc(I)c1)c1ccc(F)c(Br)c1. The Balaban J connectivity index is 2.36. The first-order valence-corrected chi connectivity index (χ1v) is 6.91. The summed E-state index contributed by atoms with van der Waals surface area (Å²) in [4.78, 5) is 0. The van der Waals surface area contributed by atoms with Crippen LogP contribution in [0.15, 0.2) is 46.9 Å². The van der Waals surface area contributed by atoms with Crippen LogP contribution in [0.4, 0.5) is 4.39 Å². The van der Waals surface area contributed by atoms with Crippen LogP contribution < -0.4 is 5.73 Å². The van der Waals surface area contributed by atoms with Gasteiger partial charge in [0.05, 0.1) is 10.5 Å². The first kappa shape index (κ1) is 13.0. The first-order chi connectivity index (χ1) is 8.08. The molecule has 88 valence electrons. The Labute approximate surface area is 121 Å². The smallest absolute Gasteiger partial charge is 0.137 e. The van der Waals surface area contributed by atoms with Crippen LogP contribution in [0, 0.1) is 9.39 Å². The van der Waals surface area contributed by atoms with Gasteiger partial charge in [0.2, 0.25) is 0 Å². The second-order valence-corrected chi connectivity index (χ2v) is 5.81. The molecule has 4 heteroatoms. The molecule has 0 heterocycles. The highest BCUT2D eigenvalue weighted by Gasteiger charge is 2.10. The third kappa shape index (κ3) is 3.05. The van der Waals surface area contributed by atoms with Crippen molar-refractivity contribution in [2.45, 2.75) is 6.04 Å². The van der Waals surface area contributed by atoms with Crippen molar-refractivity contribution in [3.05, 3.63) is 67.5 Å². The van der Waals surface area contributed by atoms with Crippen LogP contribution in [0.25, 0.3) is 0 Å². The average molecular weight is 406 g/mol. The highest BCUT2D eigenvalue weighted by atomic mass is 127. The molecule has 17 heavy (non-hydrogen) atoms. The summed E-state index contributed by atoms with van der Waals surface area (Å²) in [7, 11) is 0. The quantitative estimate of drug-likeness (QED) is 0.743. The van der Waals surface area contributed by atoms with Gasteiger partial charge < -0.3 is 5.73 Å². The Morgan fingerprint density at radius 1 is 1.12 bits per heavy atom. The van der Waals surface area contributed by atoms with E-state index in [1.807, 2.05) is 24.3 Å². The second-order valence-electron chi connectivity index (χ2n) is 3.71. The topological polar surface area (TPSA) is 26.0 Å². The molecule has 2 aromatic rings. The fraction of sp³-hybridized carbons (Fsp3) is 0.0769. The minimum atomic E-state index is -0.274. The zero-order valence-corrected chi connectivity index (χ0v) is 12.6. The van der Waals surface area contributed by atoms with Gasteiger partial charge in [-0.05, 0) is 73.9 Å². The molecule has 1 atom stereocenters. The van der Waals surface area contributed by atoms with Crippen LogP contribution in [0.1, 0.15) is 17.2 Å². The molecular formula is C13H10BrFIN. The second kappa shape index (κ2) is 5.46. The monoisotopic (exact) mass is 405 g/mol. The molecule has 0 amide bonds. The molecule has 0 fully saturated rings. The van der Waals surface area contributed by atoms with Crippen LogP contribution in [0.2, 0.25) is 0 Å². The molecule has 0 bridgehead atoms. The molecule has 2 N–H and O–H groups in total. The van der Waals surface area contributed by atoms with Crippen molar-refractivity contribution in [3.63, 3.8) is 0 Å². The average Bonchev–Trinajstić information content (AvgIpc) is 2.32. The third-order valence-corrected chi connectivity index (χ3v) is 3.79. The van der Waals surface area contributed by atoms with Gasteiger partial charge in [-0.25, -0.2) is 4.39 Å². The van der Waals surface area contributed by atoms with E-state index in [1.165, 1.54) is 6.07 Å². The largest absolute Gasteiger partial charge is 0.320 e. The van der Waals surface area contributed by atoms with E-state index in [1.54, 1.807) is 12.1 Å². The standard InChI is InChI=1S/C13H10BrFIN/c14-11-7-9(4-5-12(11)15)13(17)8-2-1-3-10(16)6-8/h1-7,13H,17H2. The van der Waals surface area contributed by atoms with Crippen LogP contribution in [-0.2, 0) is 0 Å². The lowest BCUT2D eigenvalue weighted by atomic mass is 10.00. The van der Waals surface area contributed by atoms with Gasteiger partial charge in [-0.15, -0.1) is 0 Å². The summed E-state index contributed by atoms with van der Waals surface area (Å²) in [5, 5.41) is 0. The van der Waals surface area contributed by atoms with Crippen molar-refractivity contribution in [1.82, 2.24) is 0 Å². The molecule has 0 saturated carbocycles. The summed E-state index contributed by atoms with van der Waals surface area (Å²) >= 11 is 5.41. The molecule has 0 aromatic heterocycles. The van der Waals surface area contributed by atoms with Crippen molar-refractivity contribution in [3.8, 4) is 0 Å². The Hall–Kier alpha value is -0.460. The van der Waals surface area contributed by atoms with Crippen molar-refractivity contribution < 1.29 is 4.39 Å². The number of halogens is 3. The van der Waals surface area contributed by atoms with E-state index in [4.69, 9.17) is 5.73 Å². The van der Waals surface area contributed by atoms with Gasteiger partial charge in [-0.2, -0.15) is 0 Å². The van der Waals surface area contributed by atoms with Gasteiger partial charge in [0.1, 0.15) is 5.82 Å². The number of hydrogen-bond donors (Lipinski definition) is 1. The number of hydrogen-bond acceptors (Lipinski definition) is 1. The Morgan fingerprint density at radius 2 is 1.82 bits per heavy atom. The number of nitrogens with two attached hydrogens (primary N) is 1. The van der Waals surface area contributed by atoms with Gasteiger partial charge in [-0.3, -0.25) is 0 Å². The van der Waals surface area contributed by atoms with Gasteiger partial charge in [0.25, 0.3) is 0 Å². The highest BCUT2D eigenvalue weighted by molar-refractivity contribution is 14.1. The minimum Gasteiger partial charge on any atom is -0.320 e. The summed E-state index contributed by atoms with van der Waals surface area (Å²) in [5.74, 6) is -0.274. The maximum atomic E-state index is 13.1. The Bertz CT molecular complexity index is 545. The molecule has 0 saturated heterocycles. The fourth-order valence-corrected chi connectivity index (χ4v) is 2.56. The summed E-state index contributed by atoms with van der Waals surface area (Å²) in [5.41, 5.74) is 8.07. The summed E-state index contributed by atoms with van der Waals surface area (Å²) in [6, 6.07) is 12.6. The van der Waals surface area contributed by atoms with Crippen LogP contribution in [0.3, 0.4) is 0 Å². The van der Waals surface area contributed by atoms with Gasteiger partial charge in [0.15, 0.2) is 0 Å². The van der Waals surface area contributed by atoms with Crippen molar-refractivity contribution in [2.75, 3.05) is 0 Å². The maximum Gasteiger partial charge on any atom is 0.137 e. The van der Waals surface area contributed by atoms with E-state index < -0.39 is 0 Å². The molecule has 0 aliphatic carbocycles. The van der Waals surface area contributed by atoms with E-state index in [0.717, 1.165) is 14.7 Å². The summed E-state index contributed by atoms with van der Waals surface area (Å²) in [6.45, 7) is 0. The lowest BCUT2D eigenvalue weighted by molar-refractivity contribution is 0.619. The third-order valence-electron chi connectivity index (χ3n) is 2.51. The van der Waals surface area contributed by atoms with Crippen LogP contribution in [-0.4, -0.2) is 0 Å². The molecule has 0 radical (unpaired) electrons. The van der Waals surface area contributed by atoms with E-state index in [2.05, 4.69) is 38.5 Å². The summed E-state index contributed by atoms with van der Waals surface area (Å²) < 4.78 is 14.7. The fourth-order valence-electron chi connectivity index (χ4n) is 1.60. The molecule has 2 aromatic carbocycles. The summed E-state index contributed by atoms with van der Waals surface area (Å²) in [6.07, 6.45) is 0. The van der Waals surface area contributed by atoms with Crippen LogP contribution >= 0.6 is 38.5 Å². The number of benzene rings is 2. The normalized spacial score (nSPS) is 12.5. The van der Waals surface area contributed by atoms with Crippen molar-refractivity contribution in [2.24, 2.45) is 5.73 Å². The predicted molar refractivity (Wildman–Crippen MR) is 79.3 cm³/mol. The van der Waals surface area contributed by atoms with Gasteiger partial charge >= 0.3 is 0 Å². The van der Waals surface area contributed by atoms with Crippen molar-refractivity contribution in [1.29, 1.82) is 0 Å². The zero-order valence-electron chi connectivity index (χ0n) is 8.83. The molecule has 2 rings (SSSR count). The van der Waals surface area contributed by atoms with E-state index in [-0.39, 0.29) is 11.9 Å². The lowest BCUT2D eigenvalue weighted by Crippen LogP contribution is -2.12. The Morgan fingerprint density at radius 3 is 2.47 bits per heavy atom. The Kier molecular flexibility index (Phi) is 4.17.